The fourth-order valence-corrected chi connectivity index (χ4v) is 2.85. The predicted molar refractivity (Wildman–Crippen MR) is 91.3 cm³/mol. The smallest absolute Gasteiger partial charge is 0.287 e. The monoisotopic (exact) mass is 346 g/mol. The molecule has 2 aromatic rings. The van der Waals surface area contributed by atoms with Gasteiger partial charge in [0.1, 0.15) is 12.0 Å². The highest BCUT2D eigenvalue weighted by atomic mass is 16.6. The van der Waals surface area contributed by atoms with Gasteiger partial charge >= 0.3 is 0 Å². The van der Waals surface area contributed by atoms with Crippen LogP contribution in [0.5, 0.6) is 0 Å². The van der Waals surface area contributed by atoms with Gasteiger partial charge in [0.05, 0.1) is 11.0 Å². The van der Waals surface area contributed by atoms with Crippen LogP contribution in [-0.4, -0.2) is 44.1 Å². The first-order valence-electron chi connectivity index (χ1n) is 8.38. The van der Waals surface area contributed by atoms with Gasteiger partial charge in [0.25, 0.3) is 5.69 Å². The Morgan fingerprint density at radius 3 is 2.80 bits per heavy atom. The van der Waals surface area contributed by atoms with Crippen molar-refractivity contribution in [1.29, 1.82) is 0 Å². The van der Waals surface area contributed by atoms with Crippen LogP contribution in [0.4, 0.5) is 11.5 Å². The molecule has 0 spiro atoms. The van der Waals surface area contributed by atoms with Crippen molar-refractivity contribution < 1.29 is 9.45 Å². The summed E-state index contributed by atoms with van der Waals surface area (Å²) in [5.74, 6) is 2.25. The van der Waals surface area contributed by atoms with Gasteiger partial charge in [0, 0.05) is 31.1 Å². The first-order chi connectivity index (χ1) is 11.9. The number of nitrogens with one attached hydrogen (secondary N) is 1. The van der Waals surface area contributed by atoms with Gasteiger partial charge in [-0.25, -0.2) is 4.98 Å². The Balaban J connectivity index is 1.58. The molecule has 134 valence electrons. The molecule has 3 rings (SSSR count). The second-order valence-corrected chi connectivity index (χ2v) is 6.61. The zero-order chi connectivity index (χ0) is 18.0. The molecule has 0 radical (unpaired) electrons. The summed E-state index contributed by atoms with van der Waals surface area (Å²) in [5, 5.41) is 18.0. The summed E-state index contributed by atoms with van der Waals surface area (Å²) < 4.78 is 5.39. The van der Waals surface area contributed by atoms with E-state index in [9.17, 15) is 10.1 Å². The van der Waals surface area contributed by atoms with E-state index in [0.29, 0.717) is 11.7 Å². The Bertz CT molecular complexity index is 730. The zero-order valence-electron chi connectivity index (χ0n) is 14.5. The molecule has 3 heterocycles. The van der Waals surface area contributed by atoms with Crippen molar-refractivity contribution in [2.45, 2.75) is 45.2 Å². The van der Waals surface area contributed by atoms with E-state index in [1.165, 1.54) is 12.3 Å². The van der Waals surface area contributed by atoms with Crippen LogP contribution in [0.2, 0.25) is 0 Å². The van der Waals surface area contributed by atoms with Crippen molar-refractivity contribution in [1.82, 2.24) is 20.0 Å². The second kappa shape index (κ2) is 7.14. The Hall–Kier alpha value is -2.55. The summed E-state index contributed by atoms with van der Waals surface area (Å²) in [4.78, 5) is 21.1. The van der Waals surface area contributed by atoms with Crippen LogP contribution in [0.25, 0.3) is 0 Å². The van der Waals surface area contributed by atoms with E-state index in [-0.39, 0.29) is 23.7 Å². The van der Waals surface area contributed by atoms with Crippen LogP contribution in [0.1, 0.15) is 50.9 Å². The van der Waals surface area contributed by atoms with Crippen molar-refractivity contribution in [3.63, 3.8) is 0 Å². The average Bonchev–Trinajstić information content (AvgIpc) is 3.24. The summed E-state index contributed by atoms with van der Waals surface area (Å²) >= 11 is 0. The highest BCUT2D eigenvalue weighted by Gasteiger charge is 2.30. The maximum Gasteiger partial charge on any atom is 0.287 e. The van der Waals surface area contributed by atoms with E-state index in [0.717, 1.165) is 25.3 Å². The first-order valence-corrected chi connectivity index (χ1v) is 8.38. The van der Waals surface area contributed by atoms with Gasteiger partial charge in [0.2, 0.25) is 5.89 Å². The number of aromatic nitrogens is 3. The van der Waals surface area contributed by atoms with E-state index in [2.05, 4.69) is 32.3 Å². The summed E-state index contributed by atoms with van der Waals surface area (Å²) in [7, 11) is 0. The molecule has 0 aromatic carbocycles. The lowest BCUT2D eigenvalue weighted by atomic mass is 10.2. The van der Waals surface area contributed by atoms with Gasteiger partial charge in [-0.15, -0.1) is 0 Å². The van der Waals surface area contributed by atoms with Crippen LogP contribution in [0, 0.1) is 10.1 Å². The van der Waals surface area contributed by atoms with Gasteiger partial charge in [0.15, 0.2) is 5.82 Å². The van der Waals surface area contributed by atoms with Crippen LogP contribution >= 0.6 is 0 Å². The number of nitrogens with zero attached hydrogens (tertiary/aromatic N) is 5. The van der Waals surface area contributed by atoms with Gasteiger partial charge in [-0.1, -0.05) is 19.0 Å². The average molecular weight is 346 g/mol. The second-order valence-electron chi connectivity index (χ2n) is 6.61. The molecule has 25 heavy (non-hydrogen) atoms. The highest BCUT2D eigenvalue weighted by Crippen LogP contribution is 2.26. The maximum atomic E-state index is 10.7. The van der Waals surface area contributed by atoms with Crippen molar-refractivity contribution in [3.8, 4) is 0 Å². The Morgan fingerprint density at radius 2 is 2.20 bits per heavy atom. The Labute approximate surface area is 145 Å². The van der Waals surface area contributed by atoms with Crippen molar-refractivity contribution >= 4 is 11.5 Å². The molecule has 1 saturated heterocycles. The van der Waals surface area contributed by atoms with Crippen molar-refractivity contribution in [2.75, 3.05) is 18.4 Å². The number of hydrogen-bond donors (Lipinski definition) is 1. The van der Waals surface area contributed by atoms with Crippen LogP contribution in [-0.2, 0) is 0 Å². The standard InChI is InChI=1S/C16H22N6O3/c1-10(2)15-19-16(25-20-15)11(3)21-7-6-12(9-21)18-14-5-4-13(8-17-14)22(23)24/h4-5,8,10-12H,6-7,9H2,1-3H3,(H,17,18). The fourth-order valence-electron chi connectivity index (χ4n) is 2.85. The molecule has 2 unspecified atom stereocenters. The SMILES string of the molecule is CC(C)c1noc(C(C)N2CCC(Nc3ccc([N+](=O)[O-])cn3)C2)n1. The van der Waals surface area contributed by atoms with Gasteiger partial charge < -0.3 is 9.84 Å². The van der Waals surface area contributed by atoms with E-state index in [1.54, 1.807) is 6.07 Å². The number of pyridine rings is 1. The molecule has 1 aliphatic rings. The summed E-state index contributed by atoms with van der Waals surface area (Å²) in [5.41, 5.74) is -0.00966. The van der Waals surface area contributed by atoms with E-state index < -0.39 is 4.92 Å². The number of likely N-dealkylation sites (tertiary alicyclic amines) is 1. The summed E-state index contributed by atoms with van der Waals surface area (Å²) in [6.45, 7) is 7.85. The lowest BCUT2D eigenvalue weighted by Crippen LogP contribution is -2.29. The molecular formula is C16H22N6O3. The summed E-state index contributed by atoms with van der Waals surface area (Å²) in [6, 6.07) is 3.37. The number of anilines is 1. The molecule has 2 atom stereocenters. The third kappa shape index (κ3) is 3.93. The van der Waals surface area contributed by atoms with Crippen molar-refractivity contribution in [3.05, 3.63) is 40.2 Å². The minimum Gasteiger partial charge on any atom is -0.366 e. The molecule has 9 heteroatoms. The zero-order valence-corrected chi connectivity index (χ0v) is 14.5. The number of rotatable bonds is 6. The van der Waals surface area contributed by atoms with E-state index in [4.69, 9.17) is 4.52 Å². The maximum absolute atomic E-state index is 10.7. The largest absolute Gasteiger partial charge is 0.366 e. The summed E-state index contributed by atoms with van der Waals surface area (Å²) in [6.07, 6.45) is 2.22. The molecule has 1 fully saturated rings. The van der Waals surface area contributed by atoms with Gasteiger partial charge in [-0.2, -0.15) is 4.98 Å². The molecule has 2 aromatic heterocycles. The van der Waals surface area contributed by atoms with Crippen LogP contribution < -0.4 is 5.32 Å². The highest BCUT2D eigenvalue weighted by molar-refractivity contribution is 5.41. The predicted octanol–water partition coefficient (Wildman–Crippen LogP) is 2.74. The molecule has 0 saturated carbocycles. The topological polar surface area (TPSA) is 110 Å². The molecule has 0 aliphatic carbocycles. The van der Waals surface area contributed by atoms with Crippen LogP contribution in [0.15, 0.2) is 22.9 Å². The third-order valence-electron chi connectivity index (χ3n) is 4.41. The lowest BCUT2D eigenvalue weighted by Gasteiger charge is -2.21. The van der Waals surface area contributed by atoms with Crippen LogP contribution in [0.3, 0.4) is 0 Å². The Morgan fingerprint density at radius 1 is 1.40 bits per heavy atom. The molecular weight excluding hydrogens is 324 g/mol. The Kier molecular flexibility index (Phi) is 4.93. The first kappa shape index (κ1) is 17.3. The molecule has 0 bridgehead atoms. The number of nitro groups is 1. The van der Waals surface area contributed by atoms with Crippen molar-refractivity contribution in [2.24, 2.45) is 0 Å². The number of hydrogen-bond acceptors (Lipinski definition) is 8. The normalized spacial score (nSPS) is 19.3. The van der Waals surface area contributed by atoms with Gasteiger partial charge in [-0.3, -0.25) is 15.0 Å². The quantitative estimate of drug-likeness (QED) is 0.628. The molecule has 0 amide bonds. The molecule has 1 aliphatic heterocycles. The van der Waals surface area contributed by atoms with E-state index >= 15 is 0 Å². The minimum absolute atomic E-state index is 0.00966. The third-order valence-corrected chi connectivity index (χ3v) is 4.41. The minimum atomic E-state index is -0.453. The molecule has 1 N–H and O–H groups in total. The molecule has 9 nitrogen and oxygen atoms in total. The van der Waals surface area contributed by atoms with Gasteiger partial charge in [-0.05, 0) is 19.4 Å². The lowest BCUT2D eigenvalue weighted by molar-refractivity contribution is -0.385. The van der Waals surface area contributed by atoms with E-state index in [1.807, 2.05) is 13.8 Å². The fraction of sp³-hybridized carbons (Fsp3) is 0.562.